The van der Waals surface area contributed by atoms with Crippen LogP contribution in [-0.4, -0.2) is 17.2 Å². The molecule has 0 saturated heterocycles. The molecule has 1 heterocycles. The maximum Gasteiger partial charge on any atom is 0.333 e. The first-order valence-electron chi connectivity index (χ1n) is 8.93. The van der Waals surface area contributed by atoms with Gasteiger partial charge in [-0.3, -0.25) is 0 Å². The molecule has 0 radical (unpaired) electrons. The van der Waals surface area contributed by atoms with Gasteiger partial charge in [-0.15, -0.1) is 0 Å². The summed E-state index contributed by atoms with van der Waals surface area (Å²) >= 11 is 0. The van der Waals surface area contributed by atoms with E-state index in [9.17, 15) is 9.90 Å². The second-order valence-electron chi connectivity index (χ2n) is 7.71. The van der Waals surface area contributed by atoms with Gasteiger partial charge in [-0.1, -0.05) is 19.9 Å². The van der Waals surface area contributed by atoms with E-state index >= 15 is 0 Å². The highest BCUT2D eigenvalue weighted by molar-refractivity contribution is 5.87. The molecule has 2 aliphatic carbocycles. The molecular formula is C20H28O4. The number of fused-ring (bicyclic) bond motifs is 2. The average Bonchev–Trinajstić information content (AvgIpc) is 2.97. The van der Waals surface area contributed by atoms with Crippen LogP contribution in [0.15, 0.2) is 22.3 Å². The predicted molar refractivity (Wildman–Crippen MR) is 91.3 cm³/mol. The lowest BCUT2D eigenvalue weighted by atomic mass is 9.54. The van der Waals surface area contributed by atoms with Gasteiger partial charge in [0.25, 0.3) is 0 Å². The predicted octanol–water partition coefficient (Wildman–Crippen LogP) is 3.80. The Bertz CT molecular complexity index is 657. The highest BCUT2D eigenvalue weighted by Crippen LogP contribution is 2.53. The molecule has 0 spiro atoms. The molecule has 1 N–H and O–H groups in total. The summed E-state index contributed by atoms with van der Waals surface area (Å²) in [6, 6.07) is 0. The van der Waals surface area contributed by atoms with Crippen LogP contribution in [0.2, 0.25) is 0 Å². The van der Waals surface area contributed by atoms with Gasteiger partial charge in [0.2, 0.25) is 0 Å². The zero-order valence-electron chi connectivity index (χ0n) is 15.1. The van der Waals surface area contributed by atoms with Crippen LogP contribution >= 0.6 is 0 Å². The normalized spacial score (nSPS) is 32.9. The summed E-state index contributed by atoms with van der Waals surface area (Å²) in [6.07, 6.45) is 7.05. The van der Waals surface area contributed by atoms with Crippen LogP contribution < -0.4 is 0 Å². The Morgan fingerprint density at radius 2 is 2.25 bits per heavy atom. The highest BCUT2D eigenvalue weighted by atomic mass is 16.5. The molecule has 1 aromatic heterocycles. The lowest BCUT2D eigenvalue weighted by Crippen LogP contribution is -2.51. The van der Waals surface area contributed by atoms with Crippen molar-refractivity contribution in [2.45, 2.75) is 66.1 Å². The first kappa shape index (κ1) is 17.3. The first-order chi connectivity index (χ1) is 11.4. The van der Waals surface area contributed by atoms with E-state index in [0.29, 0.717) is 11.5 Å². The largest absolute Gasteiger partial charge is 0.469 e. The van der Waals surface area contributed by atoms with Crippen molar-refractivity contribution in [1.29, 1.82) is 0 Å². The first-order valence-corrected chi connectivity index (χ1v) is 8.93. The van der Waals surface area contributed by atoms with Gasteiger partial charge in [0.05, 0.1) is 12.9 Å². The van der Waals surface area contributed by atoms with E-state index in [-0.39, 0.29) is 30.0 Å². The number of hydrogen-bond donors (Lipinski definition) is 1. The van der Waals surface area contributed by atoms with Gasteiger partial charge in [0.1, 0.15) is 11.9 Å². The maximum absolute atomic E-state index is 12.3. The molecule has 0 aromatic carbocycles. The van der Waals surface area contributed by atoms with Crippen LogP contribution in [0.1, 0.15) is 57.4 Å². The number of hydrogen-bond acceptors (Lipinski definition) is 4. The van der Waals surface area contributed by atoms with E-state index in [1.54, 1.807) is 19.3 Å². The Balaban J connectivity index is 1.90. The smallest absolute Gasteiger partial charge is 0.333 e. The summed E-state index contributed by atoms with van der Waals surface area (Å²) in [6.45, 7) is 8.28. The van der Waals surface area contributed by atoms with E-state index in [1.165, 1.54) is 5.56 Å². The molecule has 132 valence electrons. The highest BCUT2D eigenvalue weighted by Gasteiger charge is 2.51. The van der Waals surface area contributed by atoms with Crippen molar-refractivity contribution in [3.63, 3.8) is 0 Å². The van der Waals surface area contributed by atoms with Crippen molar-refractivity contribution < 1.29 is 19.1 Å². The number of aliphatic hydroxyl groups excluding tert-OH is 1. The molecule has 0 bridgehead atoms. The van der Waals surface area contributed by atoms with Gasteiger partial charge in [-0.25, -0.2) is 4.79 Å². The van der Waals surface area contributed by atoms with Gasteiger partial charge in [0.15, 0.2) is 0 Å². The molecule has 4 heteroatoms. The SMILES string of the molecule is CC=C(C)C(=O)O[C@@H]1CC[C@H](C)[C@@]2(C)Cc3c(CO)coc3C[C@@H]12. The topological polar surface area (TPSA) is 59.7 Å². The minimum atomic E-state index is -0.208. The van der Waals surface area contributed by atoms with Crippen LogP contribution in [-0.2, 0) is 29.0 Å². The Labute approximate surface area is 143 Å². The molecule has 4 atom stereocenters. The van der Waals surface area contributed by atoms with Crippen molar-refractivity contribution in [3.8, 4) is 0 Å². The fraction of sp³-hybridized carbons (Fsp3) is 0.650. The van der Waals surface area contributed by atoms with Gasteiger partial charge in [0, 0.05) is 23.5 Å². The van der Waals surface area contributed by atoms with Crippen molar-refractivity contribution in [2.24, 2.45) is 17.3 Å². The van der Waals surface area contributed by atoms with E-state index in [4.69, 9.17) is 9.15 Å². The number of aliphatic hydroxyl groups is 1. The van der Waals surface area contributed by atoms with Gasteiger partial charge < -0.3 is 14.3 Å². The van der Waals surface area contributed by atoms with Gasteiger partial charge >= 0.3 is 5.97 Å². The minimum absolute atomic E-state index is 0.0207. The van der Waals surface area contributed by atoms with Crippen LogP contribution in [0.25, 0.3) is 0 Å². The second-order valence-corrected chi connectivity index (χ2v) is 7.71. The van der Waals surface area contributed by atoms with Crippen LogP contribution in [0.5, 0.6) is 0 Å². The lowest BCUT2D eigenvalue weighted by molar-refractivity contribution is -0.157. The summed E-state index contributed by atoms with van der Waals surface area (Å²) in [4.78, 5) is 12.3. The summed E-state index contributed by atoms with van der Waals surface area (Å²) in [5.41, 5.74) is 2.79. The quantitative estimate of drug-likeness (QED) is 0.675. The minimum Gasteiger partial charge on any atom is -0.469 e. The number of carbonyl (C=O) groups excluding carboxylic acids is 1. The Morgan fingerprint density at radius 1 is 1.50 bits per heavy atom. The third-order valence-corrected chi connectivity index (χ3v) is 6.52. The fourth-order valence-corrected chi connectivity index (χ4v) is 4.45. The van der Waals surface area contributed by atoms with Crippen LogP contribution in [0, 0.1) is 17.3 Å². The number of rotatable bonds is 3. The van der Waals surface area contributed by atoms with Gasteiger partial charge in [-0.05, 0) is 50.0 Å². The summed E-state index contributed by atoms with van der Waals surface area (Å²) in [5.74, 6) is 1.56. The van der Waals surface area contributed by atoms with Crippen molar-refractivity contribution >= 4 is 5.97 Å². The standard InChI is InChI=1S/C20H28O4/c1-5-12(2)19(22)24-17-7-6-13(3)20(4)9-15-14(10-21)11-23-18(15)8-16(17)20/h5,11,13,16-17,21H,6-10H2,1-4H3/t13-,16-,17+,20+/m0/s1. The molecule has 4 nitrogen and oxygen atoms in total. The number of carbonyl (C=O) groups is 1. The molecular weight excluding hydrogens is 304 g/mol. The number of allylic oxidation sites excluding steroid dienone is 1. The zero-order chi connectivity index (χ0) is 17.5. The van der Waals surface area contributed by atoms with Crippen molar-refractivity contribution in [3.05, 3.63) is 34.8 Å². The number of esters is 1. The molecule has 24 heavy (non-hydrogen) atoms. The van der Waals surface area contributed by atoms with Crippen molar-refractivity contribution in [1.82, 2.24) is 0 Å². The van der Waals surface area contributed by atoms with E-state index < -0.39 is 0 Å². The Hall–Kier alpha value is -1.55. The van der Waals surface area contributed by atoms with Crippen molar-refractivity contribution in [2.75, 3.05) is 0 Å². The number of ether oxygens (including phenoxy) is 1. The van der Waals surface area contributed by atoms with Crippen LogP contribution in [0.3, 0.4) is 0 Å². The summed E-state index contributed by atoms with van der Waals surface area (Å²) in [5, 5.41) is 9.55. The molecule has 2 aliphatic rings. The molecule has 1 fully saturated rings. The summed E-state index contributed by atoms with van der Waals surface area (Å²) in [7, 11) is 0. The van der Waals surface area contributed by atoms with E-state index in [1.807, 2.05) is 6.92 Å². The van der Waals surface area contributed by atoms with Crippen LogP contribution in [0.4, 0.5) is 0 Å². The van der Waals surface area contributed by atoms with E-state index in [2.05, 4.69) is 13.8 Å². The monoisotopic (exact) mass is 332 g/mol. The van der Waals surface area contributed by atoms with Gasteiger partial charge in [-0.2, -0.15) is 0 Å². The molecule has 1 aromatic rings. The molecule has 1 saturated carbocycles. The molecule has 3 rings (SSSR count). The Kier molecular flexibility index (Phi) is 4.60. The maximum atomic E-state index is 12.3. The molecule has 0 unspecified atom stereocenters. The zero-order valence-corrected chi connectivity index (χ0v) is 15.1. The lowest BCUT2D eigenvalue weighted by Gasteiger charge is -2.51. The Morgan fingerprint density at radius 3 is 2.92 bits per heavy atom. The second kappa shape index (κ2) is 6.40. The molecule has 0 aliphatic heterocycles. The fourth-order valence-electron chi connectivity index (χ4n) is 4.45. The summed E-state index contributed by atoms with van der Waals surface area (Å²) < 4.78 is 11.6. The number of furan rings is 1. The molecule has 0 amide bonds. The van der Waals surface area contributed by atoms with E-state index in [0.717, 1.165) is 37.0 Å². The third kappa shape index (κ3) is 2.71. The third-order valence-electron chi connectivity index (χ3n) is 6.52. The average molecular weight is 332 g/mol.